The zero-order valence-electron chi connectivity index (χ0n) is 10.6. The molecule has 0 spiro atoms. The molecule has 0 saturated heterocycles. The fourth-order valence-electron chi connectivity index (χ4n) is 1.44. The summed E-state index contributed by atoms with van der Waals surface area (Å²) in [5.74, 6) is -1.60. The van der Waals surface area contributed by atoms with Crippen LogP contribution in [-0.4, -0.2) is 41.7 Å². The van der Waals surface area contributed by atoms with Crippen LogP contribution in [0, 0.1) is 0 Å². The number of aromatic nitrogens is 1. The molecule has 0 aromatic carbocycles. The van der Waals surface area contributed by atoms with E-state index < -0.39 is 11.9 Å². The predicted molar refractivity (Wildman–Crippen MR) is 69.6 cm³/mol. The van der Waals surface area contributed by atoms with E-state index in [0.29, 0.717) is 13.0 Å². The summed E-state index contributed by atoms with van der Waals surface area (Å²) >= 11 is 5.85. The van der Waals surface area contributed by atoms with Gasteiger partial charge in [-0.15, -0.1) is 0 Å². The lowest BCUT2D eigenvalue weighted by Crippen LogP contribution is -2.38. The molecular formula is C12H15ClN2O4. The number of nitrogens with one attached hydrogen (secondary N) is 1. The average Bonchev–Trinajstić information content (AvgIpc) is 2.37. The van der Waals surface area contributed by atoms with Gasteiger partial charge in [-0.05, 0) is 12.5 Å². The number of hydrogen-bond donors (Lipinski definition) is 2. The Hall–Kier alpha value is -1.66. The number of methoxy groups -OCH3 is 1. The van der Waals surface area contributed by atoms with Gasteiger partial charge in [-0.25, -0.2) is 9.78 Å². The van der Waals surface area contributed by atoms with E-state index in [-0.39, 0.29) is 22.3 Å². The van der Waals surface area contributed by atoms with Crippen molar-refractivity contribution in [2.45, 2.75) is 19.4 Å². The first kappa shape index (κ1) is 15.4. The van der Waals surface area contributed by atoms with Gasteiger partial charge in [-0.3, -0.25) is 4.79 Å². The lowest BCUT2D eigenvalue weighted by molar-refractivity contribution is 0.0695. The molecule has 7 heteroatoms. The molecule has 1 aromatic rings. The molecule has 0 radical (unpaired) electrons. The molecule has 0 aliphatic heterocycles. The molecule has 104 valence electrons. The van der Waals surface area contributed by atoms with Crippen molar-refractivity contribution >= 4 is 23.5 Å². The maximum atomic E-state index is 11.9. The lowest BCUT2D eigenvalue weighted by atomic mass is 10.2. The van der Waals surface area contributed by atoms with E-state index in [2.05, 4.69) is 10.3 Å². The molecule has 1 atom stereocenters. The van der Waals surface area contributed by atoms with Crippen molar-refractivity contribution in [1.82, 2.24) is 10.3 Å². The van der Waals surface area contributed by atoms with E-state index in [4.69, 9.17) is 21.4 Å². The molecule has 2 N–H and O–H groups in total. The number of pyridine rings is 1. The van der Waals surface area contributed by atoms with Crippen molar-refractivity contribution in [3.8, 4) is 0 Å². The van der Waals surface area contributed by atoms with Crippen LogP contribution >= 0.6 is 11.6 Å². The summed E-state index contributed by atoms with van der Waals surface area (Å²) in [7, 11) is 1.54. The Morgan fingerprint density at radius 2 is 2.26 bits per heavy atom. The van der Waals surface area contributed by atoms with Gasteiger partial charge in [0.25, 0.3) is 5.91 Å². The van der Waals surface area contributed by atoms with E-state index in [1.807, 2.05) is 6.92 Å². The Balaban J connectivity index is 2.85. The van der Waals surface area contributed by atoms with Crippen LogP contribution in [0.25, 0.3) is 0 Å². The topological polar surface area (TPSA) is 88.5 Å². The third kappa shape index (κ3) is 4.18. The molecule has 1 unspecified atom stereocenters. The van der Waals surface area contributed by atoms with Crippen molar-refractivity contribution in [3.05, 3.63) is 28.5 Å². The van der Waals surface area contributed by atoms with E-state index >= 15 is 0 Å². The predicted octanol–water partition coefficient (Wildman–Crippen LogP) is 1.59. The number of amides is 1. The third-order valence-electron chi connectivity index (χ3n) is 2.50. The summed E-state index contributed by atoms with van der Waals surface area (Å²) in [6.07, 6.45) is 1.80. The van der Waals surface area contributed by atoms with E-state index in [0.717, 1.165) is 6.20 Å². The summed E-state index contributed by atoms with van der Waals surface area (Å²) in [6.45, 7) is 2.29. The average molecular weight is 287 g/mol. The lowest BCUT2D eigenvalue weighted by Gasteiger charge is -2.15. The molecule has 0 saturated carbocycles. The van der Waals surface area contributed by atoms with Gasteiger partial charge in [0.1, 0.15) is 5.69 Å². The normalized spacial score (nSPS) is 11.9. The van der Waals surface area contributed by atoms with Gasteiger partial charge >= 0.3 is 5.97 Å². The molecule has 1 amide bonds. The van der Waals surface area contributed by atoms with Crippen LogP contribution in [0.3, 0.4) is 0 Å². The van der Waals surface area contributed by atoms with Crippen molar-refractivity contribution in [1.29, 1.82) is 0 Å². The van der Waals surface area contributed by atoms with Crippen LogP contribution in [0.1, 0.15) is 34.2 Å². The van der Waals surface area contributed by atoms with Crippen LogP contribution in [0.2, 0.25) is 5.02 Å². The number of nitrogens with zero attached hydrogens (tertiary/aromatic N) is 1. The molecule has 0 aliphatic rings. The monoisotopic (exact) mass is 286 g/mol. The number of halogens is 1. The van der Waals surface area contributed by atoms with Crippen LogP contribution in [0.4, 0.5) is 0 Å². The Morgan fingerprint density at radius 1 is 1.58 bits per heavy atom. The Bertz CT molecular complexity index is 479. The van der Waals surface area contributed by atoms with Crippen LogP contribution in [-0.2, 0) is 4.74 Å². The number of carboxylic acids is 1. The zero-order valence-corrected chi connectivity index (χ0v) is 11.4. The second-order valence-corrected chi connectivity index (χ2v) is 4.30. The maximum absolute atomic E-state index is 11.9. The first-order chi connectivity index (χ1) is 8.99. The van der Waals surface area contributed by atoms with Gasteiger partial charge in [0.2, 0.25) is 0 Å². The Labute approximate surface area is 115 Å². The number of carbonyl (C=O) groups excluding carboxylic acids is 1. The fourth-order valence-corrected chi connectivity index (χ4v) is 1.69. The second kappa shape index (κ2) is 7.06. The highest BCUT2D eigenvalue weighted by molar-refractivity contribution is 6.33. The van der Waals surface area contributed by atoms with Crippen LogP contribution < -0.4 is 5.32 Å². The smallest absolute Gasteiger partial charge is 0.337 e. The molecule has 0 bridgehead atoms. The number of rotatable bonds is 6. The zero-order chi connectivity index (χ0) is 14.4. The molecule has 0 fully saturated rings. The minimum atomic E-state index is -1.15. The van der Waals surface area contributed by atoms with Crippen molar-refractivity contribution in [3.63, 3.8) is 0 Å². The quantitative estimate of drug-likeness (QED) is 0.829. The molecule has 19 heavy (non-hydrogen) atoms. The minimum Gasteiger partial charge on any atom is -0.478 e. The first-order valence-electron chi connectivity index (χ1n) is 5.68. The number of carbonyl (C=O) groups is 2. The SMILES string of the molecule is CCC(COC)NC(=O)c1ncc(C(=O)O)cc1Cl. The van der Waals surface area contributed by atoms with E-state index in [1.165, 1.54) is 6.07 Å². The standard InChI is InChI=1S/C12H15ClN2O4/c1-3-8(6-19-2)15-11(16)10-9(13)4-7(5-14-10)12(17)18/h4-5,8H,3,6H2,1-2H3,(H,15,16)(H,17,18). The molecular weight excluding hydrogens is 272 g/mol. The van der Waals surface area contributed by atoms with Crippen molar-refractivity contribution in [2.24, 2.45) is 0 Å². The number of ether oxygens (including phenoxy) is 1. The summed E-state index contributed by atoms with van der Waals surface area (Å²) in [4.78, 5) is 26.4. The number of hydrogen-bond acceptors (Lipinski definition) is 4. The highest BCUT2D eigenvalue weighted by Crippen LogP contribution is 2.15. The van der Waals surface area contributed by atoms with E-state index in [9.17, 15) is 9.59 Å². The first-order valence-corrected chi connectivity index (χ1v) is 6.06. The van der Waals surface area contributed by atoms with Crippen molar-refractivity contribution in [2.75, 3.05) is 13.7 Å². The molecule has 1 heterocycles. The molecule has 1 aromatic heterocycles. The van der Waals surface area contributed by atoms with Gasteiger partial charge in [-0.2, -0.15) is 0 Å². The molecule has 6 nitrogen and oxygen atoms in total. The van der Waals surface area contributed by atoms with Gasteiger partial charge in [0.05, 0.1) is 23.2 Å². The van der Waals surface area contributed by atoms with Crippen molar-refractivity contribution < 1.29 is 19.4 Å². The third-order valence-corrected chi connectivity index (χ3v) is 2.79. The van der Waals surface area contributed by atoms with Gasteiger partial charge in [-0.1, -0.05) is 18.5 Å². The summed E-state index contributed by atoms with van der Waals surface area (Å²) in [6, 6.07) is 1.05. The highest BCUT2D eigenvalue weighted by atomic mass is 35.5. The minimum absolute atomic E-state index is 0.00113. The summed E-state index contributed by atoms with van der Waals surface area (Å²) < 4.78 is 4.97. The molecule has 1 rings (SSSR count). The molecule has 0 aliphatic carbocycles. The summed E-state index contributed by atoms with van der Waals surface area (Å²) in [5.41, 5.74) is -0.0632. The Morgan fingerprint density at radius 3 is 2.74 bits per heavy atom. The number of aromatic carboxylic acids is 1. The second-order valence-electron chi connectivity index (χ2n) is 3.89. The van der Waals surface area contributed by atoms with Crippen LogP contribution in [0.5, 0.6) is 0 Å². The highest BCUT2D eigenvalue weighted by Gasteiger charge is 2.17. The fraction of sp³-hybridized carbons (Fsp3) is 0.417. The van der Waals surface area contributed by atoms with Gasteiger partial charge in [0, 0.05) is 13.3 Å². The van der Waals surface area contributed by atoms with Gasteiger partial charge < -0.3 is 15.2 Å². The Kier molecular flexibility index (Phi) is 5.72. The van der Waals surface area contributed by atoms with Crippen LogP contribution in [0.15, 0.2) is 12.3 Å². The largest absolute Gasteiger partial charge is 0.478 e. The van der Waals surface area contributed by atoms with E-state index in [1.54, 1.807) is 7.11 Å². The maximum Gasteiger partial charge on any atom is 0.337 e. The number of carboxylic acid groups (broad SMARTS) is 1. The summed E-state index contributed by atoms with van der Waals surface area (Å²) in [5, 5.41) is 11.5. The van der Waals surface area contributed by atoms with Gasteiger partial charge in [0.15, 0.2) is 0 Å².